The monoisotopic (exact) mass is 325 g/mol. The summed E-state index contributed by atoms with van der Waals surface area (Å²) in [5.41, 5.74) is 0.848. The minimum atomic E-state index is -0.395. The number of hydrogen-bond donors (Lipinski definition) is 3. The Labute approximate surface area is 135 Å². The molecule has 6 nitrogen and oxygen atoms in total. The van der Waals surface area contributed by atoms with E-state index >= 15 is 0 Å². The molecule has 2 rings (SSSR count). The Hall–Kier alpha value is -1.70. The molecule has 3 N–H and O–H groups in total. The van der Waals surface area contributed by atoms with Gasteiger partial charge in [0.15, 0.2) is 0 Å². The first-order valence-electron chi connectivity index (χ1n) is 7.83. The highest BCUT2D eigenvalue weighted by Crippen LogP contribution is 2.20. The van der Waals surface area contributed by atoms with Crippen LogP contribution >= 0.6 is 0 Å². The van der Waals surface area contributed by atoms with Crippen LogP contribution in [0.1, 0.15) is 12.8 Å². The molecule has 0 spiro atoms. The normalized spacial score (nSPS) is 17.2. The van der Waals surface area contributed by atoms with E-state index < -0.39 is 5.82 Å². The summed E-state index contributed by atoms with van der Waals surface area (Å²) in [7, 11) is 1.60. The number of carbonyl (C=O) groups excluding carboxylic acids is 1. The molecule has 1 amide bonds. The lowest BCUT2D eigenvalue weighted by Gasteiger charge is -2.13. The molecule has 0 bridgehead atoms. The first-order chi connectivity index (χ1) is 11.2. The molecule has 0 radical (unpaired) electrons. The molecule has 1 fully saturated rings. The van der Waals surface area contributed by atoms with Crippen molar-refractivity contribution in [3.63, 3.8) is 0 Å². The summed E-state index contributed by atoms with van der Waals surface area (Å²) >= 11 is 0. The van der Waals surface area contributed by atoms with Crippen LogP contribution in [0.2, 0.25) is 0 Å². The average Bonchev–Trinajstić information content (AvgIpc) is 3.04. The topological polar surface area (TPSA) is 71.6 Å². The minimum Gasteiger partial charge on any atom is -0.383 e. The van der Waals surface area contributed by atoms with Crippen LogP contribution < -0.4 is 16.0 Å². The molecule has 1 saturated heterocycles. The number of methoxy groups -OCH3 is 1. The van der Waals surface area contributed by atoms with Crippen LogP contribution in [0.4, 0.5) is 15.8 Å². The van der Waals surface area contributed by atoms with Gasteiger partial charge >= 0.3 is 0 Å². The molecule has 1 aliphatic heterocycles. The van der Waals surface area contributed by atoms with Crippen molar-refractivity contribution in [2.24, 2.45) is 0 Å². The Balaban J connectivity index is 1.77. The molecule has 23 heavy (non-hydrogen) atoms. The Bertz CT molecular complexity index is 507. The molecule has 1 aliphatic rings. The summed E-state index contributed by atoms with van der Waals surface area (Å²) < 4.78 is 24.4. The molecular formula is C16H24FN3O3. The maximum Gasteiger partial charge on any atom is 0.238 e. The van der Waals surface area contributed by atoms with E-state index in [1.165, 1.54) is 6.07 Å². The van der Waals surface area contributed by atoms with Gasteiger partial charge in [-0.05, 0) is 31.0 Å². The number of benzene rings is 1. The van der Waals surface area contributed by atoms with Gasteiger partial charge in [0.05, 0.1) is 24.9 Å². The maximum absolute atomic E-state index is 14.0. The Morgan fingerprint density at radius 3 is 3.04 bits per heavy atom. The van der Waals surface area contributed by atoms with Gasteiger partial charge in [0.25, 0.3) is 0 Å². The lowest BCUT2D eigenvalue weighted by Crippen LogP contribution is -2.30. The first kappa shape index (κ1) is 17.7. The second kappa shape index (κ2) is 9.44. The number of halogens is 1. The molecule has 0 saturated carbocycles. The van der Waals surface area contributed by atoms with Crippen LogP contribution in [-0.4, -0.2) is 52.0 Å². The lowest BCUT2D eigenvalue weighted by atomic mass is 10.2. The molecule has 1 heterocycles. The van der Waals surface area contributed by atoms with Crippen molar-refractivity contribution in [1.82, 2.24) is 5.32 Å². The van der Waals surface area contributed by atoms with Gasteiger partial charge in [-0.1, -0.05) is 0 Å². The van der Waals surface area contributed by atoms with Crippen LogP contribution in [0.3, 0.4) is 0 Å². The number of rotatable bonds is 9. The number of nitrogens with one attached hydrogen (secondary N) is 3. The third kappa shape index (κ3) is 6.13. The van der Waals surface area contributed by atoms with Gasteiger partial charge < -0.3 is 25.4 Å². The van der Waals surface area contributed by atoms with Crippen LogP contribution in [-0.2, 0) is 14.3 Å². The van der Waals surface area contributed by atoms with E-state index in [0.29, 0.717) is 31.1 Å². The SMILES string of the molecule is COCCNCC(=O)Nc1ccc(NCC2CCCO2)c(F)c1. The zero-order chi connectivity index (χ0) is 16.5. The summed E-state index contributed by atoms with van der Waals surface area (Å²) in [6, 6.07) is 4.61. The highest BCUT2D eigenvalue weighted by atomic mass is 19.1. The van der Waals surface area contributed by atoms with Gasteiger partial charge in [0.1, 0.15) is 5.82 Å². The van der Waals surface area contributed by atoms with Gasteiger partial charge in [-0.2, -0.15) is 0 Å². The van der Waals surface area contributed by atoms with Gasteiger partial charge in [-0.15, -0.1) is 0 Å². The van der Waals surface area contributed by atoms with E-state index in [0.717, 1.165) is 19.4 Å². The maximum atomic E-state index is 14.0. The van der Waals surface area contributed by atoms with Crippen molar-refractivity contribution < 1.29 is 18.7 Å². The number of hydrogen-bond acceptors (Lipinski definition) is 5. The van der Waals surface area contributed by atoms with Crippen molar-refractivity contribution in [1.29, 1.82) is 0 Å². The van der Waals surface area contributed by atoms with Crippen molar-refractivity contribution >= 4 is 17.3 Å². The van der Waals surface area contributed by atoms with E-state index in [4.69, 9.17) is 9.47 Å². The molecule has 7 heteroatoms. The molecule has 1 aromatic rings. The standard InChI is InChI=1S/C16H24FN3O3/c1-22-8-6-18-11-16(21)20-12-4-5-15(14(17)9-12)19-10-13-3-2-7-23-13/h4-5,9,13,18-19H,2-3,6-8,10-11H2,1H3,(H,20,21). The highest BCUT2D eigenvalue weighted by Gasteiger charge is 2.15. The van der Waals surface area contributed by atoms with E-state index in [2.05, 4.69) is 16.0 Å². The third-order valence-corrected chi connectivity index (χ3v) is 3.57. The van der Waals surface area contributed by atoms with Crippen LogP contribution in [0.15, 0.2) is 18.2 Å². The Kier molecular flexibility index (Phi) is 7.25. The predicted molar refractivity (Wildman–Crippen MR) is 87.2 cm³/mol. The fourth-order valence-corrected chi connectivity index (χ4v) is 2.35. The molecule has 128 valence electrons. The van der Waals surface area contributed by atoms with E-state index in [1.807, 2.05) is 0 Å². The van der Waals surface area contributed by atoms with Crippen molar-refractivity contribution in [2.45, 2.75) is 18.9 Å². The molecule has 1 aromatic carbocycles. The minimum absolute atomic E-state index is 0.145. The average molecular weight is 325 g/mol. The number of amides is 1. The van der Waals surface area contributed by atoms with E-state index in [9.17, 15) is 9.18 Å². The van der Waals surface area contributed by atoms with Gasteiger partial charge in [-0.25, -0.2) is 4.39 Å². The molecular weight excluding hydrogens is 301 g/mol. The predicted octanol–water partition coefficient (Wildman–Crippen LogP) is 1.59. The Morgan fingerprint density at radius 2 is 2.35 bits per heavy atom. The van der Waals surface area contributed by atoms with Crippen LogP contribution in [0.5, 0.6) is 0 Å². The fourth-order valence-electron chi connectivity index (χ4n) is 2.35. The summed E-state index contributed by atoms with van der Waals surface area (Å²) in [6.07, 6.45) is 2.20. The number of ether oxygens (including phenoxy) is 2. The largest absolute Gasteiger partial charge is 0.383 e. The van der Waals surface area contributed by atoms with Crippen molar-refractivity contribution in [2.75, 3.05) is 50.6 Å². The van der Waals surface area contributed by atoms with Gasteiger partial charge in [0.2, 0.25) is 5.91 Å². The first-order valence-corrected chi connectivity index (χ1v) is 7.83. The molecule has 0 aromatic heterocycles. The van der Waals surface area contributed by atoms with Crippen molar-refractivity contribution in [3.8, 4) is 0 Å². The second-order valence-electron chi connectivity index (χ2n) is 5.43. The Morgan fingerprint density at radius 1 is 1.48 bits per heavy atom. The lowest BCUT2D eigenvalue weighted by molar-refractivity contribution is -0.115. The quantitative estimate of drug-likeness (QED) is 0.602. The molecule has 0 aliphatic carbocycles. The second-order valence-corrected chi connectivity index (χ2v) is 5.43. The number of carbonyl (C=O) groups is 1. The van der Waals surface area contributed by atoms with Crippen LogP contribution in [0, 0.1) is 5.82 Å². The van der Waals surface area contributed by atoms with Gasteiger partial charge in [0, 0.05) is 32.5 Å². The molecule has 1 unspecified atom stereocenters. The van der Waals surface area contributed by atoms with Crippen LogP contribution in [0.25, 0.3) is 0 Å². The van der Waals surface area contributed by atoms with Gasteiger partial charge in [-0.3, -0.25) is 4.79 Å². The van der Waals surface area contributed by atoms with E-state index in [1.54, 1.807) is 19.2 Å². The summed E-state index contributed by atoms with van der Waals surface area (Å²) in [5.74, 6) is -0.617. The van der Waals surface area contributed by atoms with E-state index in [-0.39, 0.29) is 18.6 Å². The highest BCUT2D eigenvalue weighted by molar-refractivity contribution is 5.92. The zero-order valence-corrected chi connectivity index (χ0v) is 13.4. The summed E-state index contributed by atoms with van der Waals surface area (Å²) in [5, 5.41) is 8.62. The third-order valence-electron chi connectivity index (χ3n) is 3.57. The summed E-state index contributed by atoms with van der Waals surface area (Å²) in [6.45, 7) is 2.64. The molecule has 1 atom stereocenters. The smallest absolute Gasteiger partial charge is 0.238 e. The fraction of sp³-hybridized carbons (Fsp3) is 0.562. The zero-order valence-electron chi connectivity index (χ0n) is 13.4. The van der Waals surface area contributed by atoms with Crippen molar-refractivity contribution in [3.05, 3.63) is 24.0 Å². The summed E-state index contributed by atoms with van der Waals surface area (Å²) in [4.78, 5) is 11.7. The number of anilines is 2.